The van der Waals surface area contributed by atoms with Gasteiger partial charge in [-0.25, -0.2) is 4.79 Å². The molecule has 5 heteroatoms. The van der Waals surface area contributed by atoms with E-state index in [4.69, 9.17) is 14.9 Å². The van der Waals surface area contributed by atoms with E-state index in [-0.39, 0.29) is 6.42 Å². The number of aliphatic carboxylic acids is 2. The van der Waals surface area contributed by atoms with E-state index in [1.165, 1.54) is 7.11 Å². The topological polar surface area (TPSA) is 83.8 Å². The van der Waals surface area contributed by atoms with Gasteiger partial charge < -0.3 is 14.9 Å². The molecule has 0 saturated carbocycles. The second-order valence-corrected chi connectivity index (χ2v) is 3.06. The quantitative estimate of drug-likeness (QED) is 0.579. The highest BCUT2D eigenvalue weighted by atomic mass is 16.5. The SMILES string of the molecule is COC(CCCCCC(=O)O)C(=O)O. The molecule has 0 rings (SSSR count). The van der Waals surface area contributed by atoms with Gasteiger partial charge in [-0.05, 0) is 12.8 Å². The standard InChI is InChI=1S/C9H16O5/c1-14-7(9(12)13)5-3-2-4-6-8(10)11/h7H,2-6H2,1H3,(H,10,11)(H,12,13). The van der Waals surface area contributed by atoms with E-state index in [2.05, 4.69) is 0 Å². The van der Waals surface area contributed by atoms with Crippen molar-refractivity contribution in [2.75, 3.05) is 7.11 Å². The van der Waals surface area contributed by atoms with Crippen LogP contribution in [0.4, 0.5) is 0 Å². The summed E-state index contributed by atoms with van der Waals surface area (Å²) in [6.45, 7) is 0. The Kier molecular flexibility index (Phi) is 6.74. The third-order valence-corrected chi connectivity index (χ3v) is 1.92. The first-order chi connectivity index (χ1) is 6.57. The van der Waals surface area contributed by atoms with Crippen molar-refractivity contribution >= 4 is 11.9 Å². The number of rotatable bonds is 8. The number of methoxy groups -OCH3 is 1. The Labute approximate surface area is 82.7 Å². The summed E-state index contributed by atoms with van der Waals surface area (Å²) in [5.41, 5.74) is 0. The molecular weight excluding hydrogens is 188 g/mol. The summed E-state index contributed by atoms with van der Waals surface area (Å²) in [6.07, 6.45) is 1.80. The monoisotopic (exact) mass is 204 g/mol. The summed E-state index contributed by atoms with van der Waals surface area (Å²) in [7, 11) is 1.36. The molecule has 0 saturated heterocycles. The highest BCUT2D eigenvalue weighted by Crippen LogP contribution is 2.07. The summed E-state index contributed by atoms with van der Waals surface area (Å²) in [4.78, 5) is 20.6. The van der Waals surface area contributed by atoms with Crippen molar-refractivity contribution in [2.24, 2.45) is 0 Å². The zero-order chi connectivity index (χ0) is 11.0. The summed E-state index contributed by atoms with van der Waals surface area (Å²) in [5, 5.41) is 16.9. The predicted octanol–water partition coefficient (Wildman–Crippen LogP) is 1.12. The van der Waals surface area contributed by atoms with E-state index in [9.17, 15) is 9.59 Å². The fourth-order valence-electron chi connectivity index (χ4n) is 1.12. The summed E-state index contributed by atoms with van der Waals surface area (Å²) in [5.74, 6) is -1.78. The lowest BCUT2D eigenvalue weighted by atomic mass is 10.1. The van der Waals surface area contributed by atoms with Crippen LogP contribution in [0.3, 0.4) is 0 Å². The molecule has 0 amide bonds. The zero-order valence-electron chi connectivity index (χ0n) is 8.23. The van der Waals surface area contributed by atoms with Crippen LogP contribution < -0.4 is 0 Å². The van der Waals surface area contributed by atoms with Crippen LogP contribution in [-0.4, -0.2) is 35.4 Å². The fraction of sp³-hybridized carbons (Fsp3) is 0.778. The van der Waals surface area contributed by atoms with E-state index < -0.39 is 18.0 Å². The summed E-state index contributed by atoms with van der Waals surface area (Å²) >= 11 is 0. The van der Waals surface area contributed by atoms with Gasteiger partial charge in [0.05, 0.1) is 0 Å². The molecule has 0 fully saturated rings. The molecule has 0 bridgehead atoms. The normalized spacial score (nSPS) is 12.4. The van der Waals surface area contributed by atoms with Crippen LogP contribution in [0.2, 0.25) is 0 Å². The van der Waals surface area contributed by atoms with E-state index in [1.807, 2.05) is 0 Å². The molecule has 0 aliphatic carbocycles. The Bertz CT molecular complexity index is 190. The Hall–Kier alpha value is -1.10. The minimum Gasteiger partial charge on any atom is -0.481 e. The lowest BCUT2D eigenvalue weighted by Crippen LogP contribution is -2.21. The van der Waals surface area contributed by atoms with Crippen molar-refractivity contribution in [3.8, 4) is 0 Å². The van der Waals surface area contributed by atoms with Crippen molar-refractivity contribution in [3.05, 3.63) is 0 Å². The second kappa shape index (κ2) is 7.32. The van der Waals surface area contributed by atoms with Gasteiger partial charge in [-0.15, -0.1) is 0 Å². The molecule has 0 aromatic heterocycles. The molecule has 5 nitrogen and oxygen atoms in total. The van der Waals surface area contributed by atoms with E-state index in [0.717, 1.165) is 6.42 Å². The molecule has 1 unspecified atom stereocenters. The van der Waals surface area contributed by atoms with Crippen molar-refractivity contribution < 1.29 is 24.5 Å². The van der Waals surface area contributed by atoms with Crippen LogP contribution in [0, 0.1) is 0 Å². The van der Waals surface area contributed by atoms with Crippen LogP contribution in [0.15, 0.2) is 0 Å². The van der Waals surface area contributed by atoms with Crippen molar-refractivity contribution in [1.29, 1.82) is 0 Å². The number of carboxylic acid groups (broad SMARTS) is 2. The molecule has 0 aromatic rings. The van der Waals surface area contributed by atoms with E-state index in [0.29, 0.717) is 19.3 Å². The maximum absolute atomic E-state index is 10.5. The first-order valence-corrected chi connectivity index (χ1v) is 4.55. The largest absolute Gasteiger partial charge is 0.481 e. The summed E-state index contributed by atoms with van der Waals surface area (Å²) < 4.78 is 4.72. The summed E-state index contributed by atoms with van der Waals surface area (Å²) in [6, 6.07) is 0. The van der Waals surface area contributed by atoms with Crippen molar-refractivity contribution in [1.82, 2.24) is 0 Å². The van der Waals surface area contributed by atoms with Crippen LogP contribution in [0.25, 0.3) is 0 Å². The lowest BCUT2D eigenvalue weighted by molar-refractivity contribution is -0.149. The van der Waals surface area contributed by atoms with E-state index >= 15 is 0 Å². The molecule has 82 valence electrons. The molecule has 0 heterocycles. The molecular formula is C9H16O5. The first kappa shape index (κ1) is 12.9. The highest BCUT2D eigenvalue weighted by Gasteiger charge is 2.14. The number of carboxylic acids is 2. The Balaban J connectivity index is 3.42. The van der Waals surface area contributed by atoms with Crippen LogP contribution in [0.5, 0.6) is 0 Å². The third-order valence-electron chi connectivity index (χ3n) is 1.92. The number of hydrogen-bond acceptors (Lipinski definition) is 3. The van der Waals surface area contributed by atoms with Gasteiger partial charge in [-0.3, -0.25) is 4.79 Å². The Morgan fingerprint density at radius 3 is 2.29 bits per heavy atom. The molecule has 1 atom stereocenters. The molecule has 14 heavy (non-hydrogen) atoms. The number of unbranched alkanes of at least 4 members (excludes halogenated alkanes) is 2. The minimum atomic E-state index is -0.967. The van der Waals surface area contributed by atoms with Crippen molar-refractivity contribution in [2.45, 2.75) is 38.2 Å². The highest BCUT2D eigenvalue weighted by molar-refractivity contribution is 5.72. The molecule has 0 aliphatic heterocycles. The smallest absolute Gasteiger partial charge is 0.332 e. The van der Waals surface area contributed by atoms with Gasteiger partial charge in [0.15, 0.2) is 6.10 Å². The number of ether oxygens (including phenoxy) is 1. The van der Waals surface area contributed by atoms with Gasteiger partial charge in [0.25, 0.3) is 0 Å². The molecule has 0 aromatic carbocycles. The average Bonchev–Trinajstić information content (AvgIpc) is 2.10. The van der Waals surface area contributed by atoms with Gasteiger partial charge in [-0.2, -0.15) is 0 Å². The first-order valence-electron chi connectivity index (χ1n) is 4.55. The third kappa shape index (κ3) is 6.42. The van der Waals surface area contributed by atoms with E-state index in [1.54, 1.807) is 0 Å². The van der Waals surface area contributed by atoms with Gasteiger partial charge in [-0.1, -0.05) is 12.8 Å². The molecule has 0 spiro atoms. The average molecular weight is 204 g/mol. The molecule has 0 aliphatic rings. The van der Waals surface area contributed by atoms with Crippen LogP contribution in [-0.2, 0) is 14.3 Å². The zero-order valence-corrected chi connectivity index (χ0v) is 8.23. The van der Waals surface area contributed by atoms with Gasteiger partial charge >= 0.3 is 11.9 Å². The predicted molar refractivity (Wildman–Crippen MR) is 49.2 cm³/mol. The maximum atomic E-state index is 10.5. The van der Waals surface area contributed by atoms with Gasteiger partial charge in [0.2, 0.25) is 0 Å². The van der Waals surface area contributed by atoms with Crippen molar-refractivity contribution in [3.63, 3.8) is 0 Å². The van der Waals surface area contributed by atoms with Gasteiger partial charge in [0, 0.05) is 13.5 Å². The Morgan fingerprint density at radius 1 is 1.21 bits per heavy atom. The lowest BCUT2D eigenvalue weighted by Gasteiger charge is -2.09. The fourth-order valence-corrected chi connectivity index (χ4v) is 1.12. The maximum Gasteiger partial charge on any atom is 0.332 e. The minimum absolute atomic E-state index is 0.144. The van der Waals surface area contributed by atoms with Crippen LogP contribution >= 0.6 is 0 Å². The Morgan fingerprint density at radius 2 is 1.86 bits per heavy atom. The number of hydrogen-bond donors (Lipinski definition) is 2. The number of carbonyl (C=O) groups is 2. The molecule has 2 N–H and O–H groups in total. The molecule has 0 radical (unpaired) electrons. The second-order valence-electron chi connectivity index (χ2n) is 3.06. The van der Waals surface area contributed by atoms with Gasteiger partial charge in [0.1, 0.15) is 0 Å². The van der Waals surface area contributed by atoms with Crippen LogP contribution in [0.1, 0.15) is 32.1 Å².